The maximum absolute atomic E-state index is 13.4. The maximum Gasteiger partial charge on any atom is 0.143 e. The van der Waals surface area contributed by atoms with E-state index >= 15 is 0 Å². The smallest absolute Gasteiger partial charge is 0.143 e. The van der Waals surface area contributed by atoms with E-state index in [1.807, 2.05) is 0 Å². The summed E-state index contributed by atoms with van der Waals surface area (Å²) in [6, 6.07) is 13.2. The average molecular weight is 341 g/mol. The van der Waals surface area contributed by atoms with Crippen LogP contribution in [0.15, 0.2) is 42.5 Å². The molecule has 0 spiro atoms. The van der Waals surface area contributed by atoms with Crippen molar-refractivity contribution in [3.63, 3.8) is 0 Å². The van der Waals surface area contributed by atoms with Crippen LogP contribution in [-0.4, -0.2) is 0 Å². The van der Waals surface area contributed by atoms with Gasteiger partial charge in [-0.05, 0) is 73.4 Å². The van der Waals surface area contributed by atoms with Gasteiger partial charge in [0, 0.05) is 11.1 Å². The first-order valence-electron chi connectivity index (χ1n) is 8.72. The van der Waals surface area contributed by atoms with Gasteiger partial charge in [-0.2, -0.15) is 0 Å². The molecule has 24 heavy (non-hydrogen) atoms. The molecule has 124 valence electrons. The highest BCUT2D eigenvalue weighted by atomic mass is 35.5. The highest BCUT2D eigenvalue weighted by molar-refractivity contribution is 6.30. The molecule has 0 heterocycles. The van der Waals surface area contributed by atoms with E-state index in [9.17, 15) is 4.39 Å². The fourth-order valence-corrected chi connectivity index (χ4v) is 3.58. The molecule has 0 bridgehead atoms. The largest absolute Gasteiger partial charge is 0.205 e. The Morgan fingerprint density at radius 2 is 1.58 bits per heavy atom. The topological polar surface area (TPSA) is 0 Å². The predicted octanol–water partition coefficient (Wildman–Crippen LogP) is 6.56. The second kappa shape index (κ2) is 7.86. The van der Waals surface area contributed by atoms with Crippen LogP contribution in [0.25, 0.3) is 0 Å². The molecule has 3 rings (SSSR count). The van der Waals surface area contributed by atoms with E-state index in [2.05, 4.69) is 43.0 Å². The Morgan fingerprint density at radius 3 is 2.21 bits per heavy atom. The lowest BCUT2D eigenvalue weighted by Crippen LogP contribution is -2.12. The fraction of sp³-hybridized carbons (Fsp3) is 0.364. The Balaban J connectivity index is 1.67. The van der Waals surface area contributed by atoms with Gasteiger partial charge in [-0.15, -0.1) is 0 Å². The third kappa shape index (κ3) is 4.19. The van der Waals surface area contributed by atoms with Crippen LogP contribution in [0.3, 0.4) is 0 Å². The molecular weight excluding hydrogens is 319 g/mol. The highest BCUT2D eigenvalue weighted by Gasteiger charge is 2.20. The van der Waals surface area contributed by atoms with Gasteiger partial charge in [-0.25, -0.2) is 4.39 Å². The summed E-state index contributed by atoms with van der Waals surface area (Å²) in [5.74, 6) is 7.27. The van der Waals surface area contributed by atoms with E-state index < -0.39 is 5.82 Å². The Labute approximate surface area is 149 Å². The monoisotopic (exact) mass is 340 g/mol. The maximum atomic E-state index is 13.4. The summed E-state index contributed by atoms with van der Waals surface area (Å²) in [5.41, 5.74) is 3.02. The van der Waals surface area contributed by atoms with Crippen LogP contribution >= 0.6 is 11.6 Å². The molecule has 0 N–H and O–H groups in total. The van der Waals surface area contributed by atoms with Gasteiger partial charge in [-0.1, -0.05) is 48.9 Å². The molecule has 1 fully saturated rings. The summed E-state index contributed by atoms with van der Waals surface area (Å²) in [4.78, 5) is 0. The standard InChI is InChI=1S/C22H22ClF/c1-2-16-5-10-19(11-6-16)20-12-7-17(8-13-20)3-4-18-9-14-21(23)22(24)15-18/h7-9,12-16,19H,2,5-6,10-11H2,1H3/t16-,19-. The minimum atomic E-state index is -0.429. The van der Waals surface area contributed by atoms with Crippen molar-refractivity contribution >= 4 is 11.6 Å². The first-order valence-corrected chi connectivity index (χ1v) is 9.10. The van der Waals surface area contributed by atoms with E-state index in [4.69, 9.17) is 11.6 Å². The number of rotatable bonds is 2. The zero-order valence-corrected chi connectivity index (χ0v) is 14.7. The molecule has 0 radical (unpaired) electrons. The van der Waals surface area contributed by atoms with Crippen molar-refractivity contribution in [1.29, 1.82) is 0 Å². The number of benzene rings is 2. The minimum Gasteiger partial charge on any atom is -0.205 e. The fourth-order valence-electron chi connectivity index (χ4n) is 3.46. The molecule has 0 nitrogen and oxygen atoms in total. The lowest BCUT2D eigenvalue weighted by molar-refractivity contribution is 0.319. The minimum absolute atomic E-state index is 0.127. The number of hydrogen-bond acceptors (Lipinski definition) is 0. The van der Waals surface area contributed by atoms with Crippen molar-refractivity contribution in [2.75, 3.05) is 0 Å². The van der Waals surface area contributed by atoms with Gasteiger partial charge in [0.1, 0.15) is 5.82 Å². The average Bonchev–Trinajstić information content (AvgIpc) is 2.63. The zero-order chi connectivity index (χ0) is 16.9. The quantitative estimate of drug-likeness (QED) is 0.543. The van der Waals surface area contributed by atoms with Gasteiger partial charge in [-0.3, -0.25) is 0 Å². The number of halogens is 2. The van der Waals surface area contributed by atoms with Gasteiger partial charge in [0.2, 0.25) is 0 Å². The third-order valence-corrected chi connectivity index (χ3v) is 5.38. The Hall–Kier alpha value is -1.78. The van der Waals surface area contributed by atoms with Crippen molar-refractivity contribution < 1.29 is 4.39 Å². The van der Waals surface area contributed by atoms with Gasteiger partial charge >= 0.3 is 0 Å². The molecular formula is C22H22ClF. The Kier molecular flexibility index (Phi) is 5.59. The van der Waals surface area contributed by atoms with Gasteiger partial charge in [0.25, 0.3) is 0 Å². The van der Waals surface area contributed by atoms with Crippen molar-refractivity contribution in [3.05, 3.63) is 70.0 Å². The normalized spacial score (nSPS) is 20.3. The third-order valence-electron chi connectivity index (χ3n) is 5.08. The molecule has 2 heteroatoms. The van der Waals surface area contributed by atoms with E-state index in [0.29, 0.717) is 11.5 Å². The summed E-state index contributed by atoms with van der Waals surface area (Å²) < 4.78 is 13.4. The molecule has 0 unspecified atom stereocenters. The molecule has 2 aromatic rings. The van der Waals surface area contributed by atoms with Crippen LogP contribution in [0, 0.1) is 23.6 Å². The van der Waals surface area contributed by atoms with Crippen molar-refractivity contribution in [2.45, 2.75) is 44.9 Å². The van der Waals surface area contributed by atoms with Gasteiger partial charge in [0.05, 0.1) is 5.02 Å². The van der Waals surface area contributed by atoms with E-state index in [1.54, 1.807) is 6.07 Å². The van der Waals surface area contributed by atoms with Crippen LogP contribution in [0.4, 0.5) is 4.39 Å². The Morgan fingerprint density at radius 1 is 0.958 bits per heavy atom. The van der Waals surface area contributed by atoms with Crippen LogP contribution < -0.4 is 0 Å². The number of hydrogen-bond donors (Lipinski definition) is 0. The van der Waals surface area contributed by atoms with Crippen molar-refractivity contribution in [1.82, 2.24) is 0 Å². The molecule has 0 amide bonds. The van der Waals surface area contributed by atoms with Crippen LogP contribution in [0.1, 0.15) is 61.6 Å². The molecule has 1 aliphatic rings. The second-order valence-corrected chi connectivity index (χ2v) is 7.03. The molecule has 2 aromatic carbocycles. The summed E-state index contributed by atoms with van der Waals surface area (Å²) in [7, 11) is 0. The van der Waals surface area contributed by atoms with E-state index in [-0.39, 0.29) is 5.02 Å². The first-order chi connectivity index (χ1) is 11.7. The molecule has 0 aromatic heterocycles. The van der Waals surface area contributed by atoms with Gasteiger partial charge < -0.3 is 0 Å². The molecule has 1 saturated carbocycles. The van der Waals surface area contributed by atoms with Crippen molar-refractivity contribution in [3.8, 4) is 11.8 Å². The molecule has 0 saturated heterocycles. The van der Waals surface area contributed by atoms with E-state index in [1.165, 1.54) is 49.8 Å². The Bertz CT molecular complexity index is 744. The second-order valence-electron chi connectivity index (χ2n) is 6.63. The molecule has 0 atom stereocenters. The SMILES string of the molecule is CC[C@H]1CC[C@H](c2ccc(C#Cc3ccc(Cl)c(F)c3)cc2)CC1. The van der Waals surface area contributed by atoms with Crippen LogP contribution in [0.2, 0.25) is 5.02 Å². The van der Waals surface area contributed by atoms with Crippen LogP contribution in [-0.2, 0) is 0 Å². The van der Waals surface area contributed by atoms with E-state index in [0.717, 1.165) is 11.5 Å². The first kappa shape index (κ1) is 17.1. The highest BCUT2D eigenvalue weighted by Crippen LogP contribution is 2.36. The molecule has 1 aliphatic carbocycles. The zero-order valence-electron chi connectivity index (χ0n) is 14.0. The van der Waals surface area contributed by atoms with Crippen LogP contribution in [0.5, 0.6) is 0 Å². The summed E-state index contributed by atoms with van der Waals surface area (Å²) in [6.07, 6.45) is 6.61. The van der Waals surface area contributed by atoms with Crippen molar-refractivity contribution in [2.24, 2.45) is 5.92 Å². The lowest BCUT2D eigenvalue weighted by Gasteiger charge is -2.28. The summed E-state index contributed by atoms with van der Waals surface area (Å²) in [6.45, 7) is 2.30. The molecule has 0 aliphatic heterocycles. The van der Waals surface area contributed by atoms with Gasteiger partial charge in [0.15, 0.2) is 0 Å². The lowest BCUT2D eigenvalue weighted by atomic mass is 9.78. The predicted molar refractivity (Wildman–Crippen MR) is 98.8 cm³/mol. The summed E-state index contributed by atoms with van der Waals surface area (Å²) >= 11 is 5.68. The summed E-state index contributed by atoms with van der Waals surface area (Å²) in [5, 5.41) is 0.127.